The van der Waals surface area contributed by atoms with Crippen molar-refractivity contribution in [2.24, 2.45) is 0 Å². The highest BCUT2D eigenvalue weighted by molar-refractivity contribution is 6.34. The van der Waals surface area contributed by atoms with Crippen molar-refractivity contribution < 1.29 is 9.31 Å². The highest BCUT2D eigenvalue weighted by Gasteiger charge is 2.19. The van der Waals surface area contributed by atoms with E-state index in [4.69, 9.17) is 23.2 Å². The average Bonchev–Trinajstić information content (AvgIpc) is 2.33. The third kappa shape index (κ3) is 2.94. The number of benzene rings is 2. The minimum atomic E-state index is -0.613. The van der Waals surface area contributed by atoms with Gasteiger partial charge >= 0.3 is 5.69 Å². The summed E-state index contributed by atoms with van der Waals surface area (Å²) in [5.74, 6) is -0.503. The first-order valence-electron chi connectivity index (χ1n) is 5.14. The second kappa shape index (κ2) is 5.42. The standard InChI is InChI=1S/C12H7Cl2FN2O2/c13-8-5-4-7(15)6-11(8)16-10-3-1-2-9(14)12(10)17(18)19/h1-6,16H. The van der Waals surface area contributed by atoms with Gasteiger partial charge < -0.3 is 5.32 Å². The van der Waals surface area contributed by atoms with Gasteiger partial charge in [0.25, 0.3) is 0 Å². The molecule has 0 saturated carbocycles. The highest BCUT2D eigenvalue weighted by Crippen LogP contribution is 2.35. The number of hydrogen-bond donors (Lipinski definition) is 1. The van der Waals surface area contributed by atoms with Gasteiger partial charge in [0, 0.05) is 0 Å². The van der Waals surface area contributed by atoms with E-state index in [2.05, 4.69) is 5.32 Å². The van der Waals surface area contributed by atoms with Gasteiger partial charge in [-0.3, -0.25) is 10.1 Å². The molecule has 0 atom stereocenters. The normalized spacial score (nSPS) is 10.3. The van der Waals surface area contributed by atoms with Gasteiger partial charge in [-0.25, -0.2) is 4.39 Å². The van der Waals surface area contributed by atoms with E-state index in [0.717, 1.165) is 6.07 Å². The van der Waals surface area contributed by atoms with Crippen LogP contribution in [0.3, 0.4) is 0 Å². The first-order chi connectivity index (χ1) is 8.99. The van der Waals surface area contributed by atoms with Gasteiger partial charge in [-0.2, -0.15) is 0 Å². The maximum atomic E-state index is 13.1. The largest absolute Gasteiger partial charge is 0.349 e. The molecule has 19 heavy (non-hydrogen) atoms. The number of hydrogen-bond acceptors (Lipinski definition) is 3. The summed E-state index contributed by atoms with van der Waals surface area (Å²) in [6, 6.07) is 8.11. The smallest absolute Gasteiger partial charge is 0.311 e. The lowest BCUT2D eigenvalue weighted by molar-refractivity contribution is -0.383. The fourth-order valence-electron chi connectivity index (χ4n) is 1.54. The summed E-state index contributed by atoms with van der Waals surface area (Å²) in [7, 11) is 0. The van der Waals surface area contributed by atoms with E-state index in [0.29, 0.717) is 0 Å². The SMILES string of the molecule is O=[N+]([O-])c1c(Cl)cccc1Nc1cc(F)ccc1Cl. The highest BCUT2D eigenvalue weighted by atomic mass is 35.5. The number of para-hydroxylation sites is 1. The number of nitrogens with zero attached hydrogens (tertiary/aromatic N) is 1. The molecule has 0 bridgehead atoms. The van der Waals surface area contributed by atoms with Crippen molar-refractivity contribution in [1.82, 2.24) is 0 Å². The number of rotatable bonds is 3. The number of nitro benzene ring substituents is 1. The van der Waals surface area contributed by atoms with E-state index >= 15 is 0 Å². The Labute approximate surface area is 117 Å². The number of halogens is 3. The molecule has 0 fully saturated rings. The number of anilines is 2. The maximum Gasteiger partial charge on any atom is 0.311 e. The zero-order valence-electron chi connectivity index (χ0n) is 9.36. The van der Waals surface area contributed by atoms with Crippen LogP contribution < -0.4 is 5.32 Å². The molecule has 0 aromatic heterocycles. The summed E-state index contributed by atoms with van der Waals surface area (Å²) in [4.78, 5) is 10.3. The molecule has 0 unspecified atom stereocenters. The Balaban J connectivity index is 2.46. The topological polar surface area (TPSA) is 55.2 Å². The zero-order valence-corrected chi connectivity index (χ0v) is 10.9. The minimum absolute atomic E-state index is 0.0116. The van der Waals surface area contributed by atoms with Gasteiger partial charge in [0.15, 0.2) is 0 Å². The molecule has 98 valence electrons. The molecular weight excluding hydrogens is 294 g/mol. The second-order valence-corrected chi connectivity index (χ2v) is 4.46. The van der Waals surface area contributed by atoms with Crippen molar-refractivity contribution in [3.05, 3.63) is 62.4 Å². The van der Waals surface area contributed by atoms with Crippen molar-refractivity contribution >= 4 is 40.3 Å². The lowest BCUT2D eigenvalue weighted by atomic mass is 10.2. The monoisotopic (exact) mass is 300 g/mol. The molecule has 2 rings (SSSR count). The molecule has 0 aliphatic heterocycles. The Bertz CT molecular complexity index is 650. The van der Waals surface area contributed by atoms with Crippen LogP contribution in [0.1, 0.15) is 0 Å². The molecule has 1 N–H and O–H groups in total. The van der Waals surface area contributed by atoms with Gasteiger partial charge in [-0.1, -0.05) is 29.3 Å². The Morgan fingerprint density at radius 3 is 2.53 bits per heavy atom. The summed E-state index contributed by atoms with van der Waals surface area (Å²) >= 11 is 11.7. The van der Waals surface area contributed by atoms with Gasteiger partial charge in [0.1, 0.15) is 16.5 Å². The molecule has 0 heterocycles. The third-order valence-corrected chi connectivity index (χ3v) is 3.00. The van der Waals surface area contributed by atoms with Gasteiger partial charge in [0.2, 0.25) is 0 Å². The molecule has 2 aromatic carbocycles. The van der Waals surface area contributed by atoms with Crippen LogP contribution in [-0.4, -0.2) is 4.92 Å². The molecule has 0 amide bonds. The molecule has 0 aliphatic rings. The predicted molar refractivity (Wildman–Crippen MR) is 72.8 cm³/mol. The van der Waals surface area contributed by atoms with Crippen LogP contribution in [0.15, 0.2) is 36.4 Å². The summed E-state index contributed by atoms with van der Waals surface area (Å²) in [5, 5.41) is 13.9. The maximum absolute atomic E-state index is 13.1. The first-order valence-corrected chi connectivity index (χ1v) is 5.89. The summed E-state index contributed by atoms with van der Waals surface area (Å²) < 4.78 is 13.1. The molecule has 7 heteroatoms. The van der Waals surface area contributed by atoms with Crippen molar-refractivity contribution in [1.29, 1.82) is 0 Å². The lowest BCUT2D eigenvalue weighted by Crippen LogP contribution is -1.98. The van der Waals surface area contributed by atoms with E-state index in [1.54, 1.807) is 6.07 Å². The summed E-state index contributed by atoms with van der Waals surface area (Å²) in [6.07, 6.45) is 0. The average molecular weight is 301 g/mol. The number of nitro groups is 1. The zero-order chi connectivity index (χ0) is 14.0. The lowest BCUT2D eigenvalue weighted by Gasteiger charge is -2.09. The molecule has 0 aliphatic carbocycles. The van der Waals surface area contributed by atoms with E-state index in [1.165, 1.54) is 24.3 Å². The fraction of sp³-hybridized carbons (Fsp3) is 0. The Morgan fingerprint density at radius 2 is 1.84 bits per heavy atom. The molecule has 2 aromatic rings. The van der Waals surface area contributed by atoms with Crippen LogP contribution in [0.2, 0.25) is 10.0 Å². The van der Waals surface area contributed by atoms with Crippen molar-refractivity contribution in [3.63, 3.8) is 0 Å². The Morgan fingerprint density at radius 1 is 1.11 bits per heavy atom. The minimum Gasteiger partial charge on any atom is -0.349 e. The van der Waals surface area contributed by atoms with Crippen LogP contribution >= 0.6 is 23.2 Å². The van der Waals surface area contributed by atoms with Crippen LogP contribution in [0.25, 0.3) is 0 Å². The van der Waals surface area contributed by atoms with Gasteiger partial charge in [-0.15, -0.1) is 0 Å². The molecule has 0 radical (unpaired) electrons. The summed E-state index contributed by atoms with van der Waals surface area (Å²) in [5.41, 5.74) is 0.0847. The van der Waals surface area contributed by atoms with Crippen LogP contribution in [0.5, 0.6) is 0 Å². The van der Waals surface area contributed by atoms with Crippen molar-refractivity contribution in [3.8, 4) is 0 Å². The van der Waals surface area contributed by atoms with Gasteiger partial charge in [0.05, 0.1) is 15.6 Å². The Kier molecular flexibility index (Phi) is 3.87. The molecule has 0 saturated heterocycles. The first kappa shape index (κ1) is 13.6. The van der Waals surface area contributed by atoms with E-state index in [1.807, 2.05) is 0 Å². The number of nitrogens with one attached hydrogen (secondary N) is 1. The van der Waals surface area contributed by atoms with E-state index in [9.17, 15) is 14.5 Å². The van der Waals surface area contributed by atoms with Crippen LogP contribution in [-0.2, 0) is 0 Å². The quantitative estimate of drug-likeness (QED) is 0.655. The fourth-order valence-corrected chi connectivity index (χ4v) is 1.95. The van der Waals surface area contributed by atoms with Crippen molar-refractivity contribution in [2.75, 3.05) is 5.32 Å². The van der Waals surface area contributed by atoms with Crippen LogP contribution in [0, 0.1) is 15.9 Å². The van der Waals surface area contributed by atoms with E-state index < -0.39 is 10.7 Å². The summed E-state index contributed by atoms with van der Waals surface area (Å²) in [6.45, 7) is 0. The third-order valence-electron chi connectivity index (χ3n) is 2.37. The van der Waals surface area contributed by atoms with E-state index in [-0.39, 0.29) is 27.1 Å². The van der Waals surface area contributed by atoms with Crippen molar-refractivity contribution in [2.45, 2.75) is 0 Å². The van der Waals surface area contributed by atoms with Gasteiger partial charge in [-0.05, 0) is 30.3 Å². The van der Waals surface area contributed by atoms with Crippen LogP contribution in [0.4, 0.5) is 21.5 Å². The second-order valence-electron chi connectivity index (χ2n) is 3.64. The molecular formula is C12H7Cl2FN2O2. The molecule has 0 spiro atoms. The predicted octanol–water partition coefficient (Wildman–Crippen LogP) is 4.78. The molecule has 4 nitrogen and oxygen atoms in total. The Hall–Kier alpha value is -1.85.